The highest BCUT2D eigenvalue weighted by Crippen LogP contribution is 2.43. The Morgan fingerprint density at radius 1 is 1.03 bits per heavy atom. The van der Waals surface area contributed by atoms with E-state index in [1.807, 2.05) is 43.3 Å². The molecular formula is C27H31N3O6S2. The SMILES string of the molecule is Cc1nnc(SC[C@@H]2O[C@H](c3ccc(NC(=O)CCCC(=O)O)cc3)O[C@H](c3ccc(CO)cc3)[C@@H]2C)s1. The number of aryl methyl sites for hydroxylation is 1. The van der Waals surface area contributed by atoms with Gasteiger partial charge in [-0.15, -0.1) is 10.2 Å². The van der Waals surface area contributed by atoms with Crippen molar-refractivity contribution in [1.82, 2.24) is 10.2 Å². The molecule has 2 heterocycles. The number of aliphatic hydroxyl groups excluding tert-OH is 1. The Morgan fingerprint density at radius 3 is 2.37 bits per heavy atom. The van der Waals surface area contributed by atoms with E-state index in [4.69, 9.17) is 14.6 Å². The van der Waals surface area contributed by atoms with Crippen LogP contribution in [0, 0.1) is 12.8 Å². The highest BCUT2D eigenvalue weighted by atomic mass is 32.2. The molecule has 0 radical (unpaired) electrons. The van der Waals surface area contributed by atoms with Crippen LogP contribution >= 0.6 is 23.1 Å². The smallest absolute Gasteiger partial charge is 0.303 e. The molecule has 0 spiro atoms. The molecule has 2 aromatic carbocycles. The molecule has 1 aliphatic rings. The van der Waals surface area contributed by atoms with Gasteiger partial charge in [0.25, 0.3) is 0 Å². The van der Waals surface area contributed by atoms with Crippen LogP contribution in [-0.2, 0) is 25.7 Å². The summed E-state index contributed by atoms with van der Waals surface area (Å²) in [6.07, 6.45) is -0.571. The summed E-state index contributed by atoms with van der Waals surface area (Å²) in [4.78, 5) is 22.8. The fraction of sp³-hybridized carbons (Fsp3) is 0.407. The van der Waals surface area contributed by atoms with Crippen molar-refractivity contribution in [3.05, 3.63) is 70.2 Å². The Balaban J connectivity index is 1.47. The molecule has 3 N–H and O–H groups in total. The van der Waals surface area contributed by atoms with Crippen LogP contribution in [0.1, 0.15) is 60.3 Å². The zero-order valence-corrected chi connectivity index (χ0v) is 22.8. The molecule has 1 fully saturated rings. The van der Waals surface area contributed by atoms with E-state index in [1.54, 1.807) is 35.2 Å². The first-order valence-electron chi connectivity index (χ1n) is 12.4. The monoisotopic (exact) mass is 557 g/mol. The number of hydrogen-bond acceptors (Lipinski definition) is 9. The predicted octanol–water partition coefficient (Wildman–Crippen LogP) is 5.12. The number of aliphatic carboxylic acids is 1. The van der Waals surface area contributed by atoms with Gasteiger partial charge in [-0.2, -0.15) is 0 Å². The molecule has 38 heavy (non-hydrogen) atoms. The number of aliphatic hydroxyl groups is 1. The van der Waals surface area contributed by atoms with Gasteiger partial charge in [0.15, 0.2) is 10.6 Å². The number of nitrogens with one attached hydrogen (secondary N) is 1. The average molecular weight is 558 g/mol. The summed E-state index contributed by atoms with van der Waals surface area (Å²) in [7, 11) is 0. The molecule has 4 rings (SSSR count). The highest BCUT2D eigenvalue weighted by molar-refractivity contribution is 8.01. The van der Waals surface area contributed by atoms with Crippen LogP contribution in [0.15, 0.2) is 52.9 Å². The highest BCUT2D eigenvalue weighted by Gasteiger charge is 2.38. The van der Waals surface area contributed by atoms with E-state index in [9.17, 15) is 14.7 Å². The Bertz CT molecular complexity index is 1220. The van der Waals surface area contributed by atoms with Crippen LogP contribution in [0.5, 0.6) is 0 Å². The minimum atomic E-state index is -0.915. The van der Waals surface area contributed by atoms with Crippen LogP contribution in [0.2, 0.25) is 0 Å². The summed E-state index contributed by atoms with van der Waals surface area (Å²) in [5, 5.41) is 30.2. The molecule has 1 aliphatic heterocycles. The summed E-state index contributed by atoms with van der Waals surface area (Å²) < 4.78 is 13.8. The molecule has 202 valence electrons. The number of carbonyl (C=O) groups is 2. The lowest BCUT2D eigenvalue weighted by Crippen LogP contribution is -2.38. The number of nitrogens with zero attached hydrogens (tertiary/aromatic N) is 2. The van der Waals surface area contributed by atoms with Crippen molar-refractivity contribution in [2.24, 2.45) is 5.92 Å². The Labute approximate surface area is 229 Å². The molecule has 0 aliphatic carbocycles. The van der Waals surface area contributed by atoms with Gasteiger partial charge >= 0.3 is 5.97 Å². The van der Waals surface area contributed by atoms with Crippen molar-refractivity contribution in [3.8, 4) is 0 Å². The number of aromatic nitrogens is 2. The zero-order chi connectivity index (χ0) is 27.1. The first kappa shape index (κ1) is 28.2. The molecule has 1 aromatic heterocycles. The number of thioether (sulfide) groups is 1. The third-order valence-electron chi connectivity index (χ3n) is 6.26. The van der Waals surface area contributed by atoms with E-state index >= 15 is 0 Å². The summed E-state index contributed by atoms with van der Waals surface area (Å²) >= 11 is 3.17. The predicted molar refractivity (Wildman–Crippen MR) is 145 cm³/mol. The molecule has 0 saturated carbocycles. The zero-order valence-electron chi connectivity index (χ0n) is 21.2. The van der Waals surface area contributed by atoms with Crippen molar-refractivity contribution in [1.29, 1.82) is 0 Å². The van der Waals surface area contributed by atoms with Gasteiger partial charge in [-0.3, -0.25) is 9.59 Å². The van der Waals surface area contributed by atoms with Gasteiger partial charge < -0.3 is 25.0 Å². The van der Waals surface area contributed by atoms with Crippen LogP contribution in [0.25, 0.3) is 0 Å². The van der Waals surface area contributed by atoms with Crippen LogP contribution in [0.3, 0.4) is 0 Å². The second kappa shape index (κ2) is 13.3. The summed E-state index contributed by atoms with van der Waals surface area (Å²) in [6.45, 7) is 4.02. The molecule has 11 heteroatoms. The Morgan fingerprint density at radius 2 is 1.74 bits per heavy atom. The van der Waals surface area contributed by atoms with Gasteiger partial charge in [0.05, 0.1) is 18.8 Å². The van der Waals surface area contributed by atoms with Gasteiger partial charge in [0.2, 0.25) is 5.91 Å². The van der Waals surface area contributed by atoms with E-state index in [2.05, 4.69) is 22.4 Å². The number of hydrogen-bond donors (Lipinski definition) is 3. The molecule has 0 unspecified atom stereocenters. The summed E-state index contributed by atoms with van der Waals surface area (Å²) in [5.74, 6) is -0.405. The number of ether oxygens (including phenoxy) is 2. The van der Waals surface area contributed by atoms with Crippen molar-refractivity contribution >= 4 is 40.7 Å². The number of carboxylic acids is 1. The minimum Gasteiger partial charge on any atom is -0.481 e. The normalized spacial score (nSPS) is 21.2. The van der Waals surface area contributed by atoms with Crippen molar-refractivity contribution in [2.75, 3.05) is 11.1 Å². The molecular weight excluding hydrogens is 526 g/mol. The van der Waals surface area contributed by atoms with Gasteiger partial charge in [-0.05, 0) is 36.6 Å². The van der Waals surface area contributed by atoms with Crippen molar-refractivity contribution in [3.63, 3.8) is 0 Å². The number of benzene rings is 2. The number of amides is 1. The lowest BCUT2D eigenvalue weighted by atomic mass is 9.91. The molecule has 0 bridgehead atoms. The van der Waals surface area contributed by atoms with E-state index < -0.39 is 12.3 Å². The van der Waals surface area contributed by atoms with Crippen LogP contribution in [-0.4, -0.2) is 44.1 Å². The fourth-order valence-electron chi connectivity index (χ4n) is 4.15. The second-order valence-corrected chi connectivity index (χ2v) is 11.6. The van der Waals surface area contributed by atoms with Crippen LogP contribution < -0.4 is 5.32 Å². The van der Waals surface area contributed by atoms with Gasteiger partial charge in [-0.1, -0.05) is 66.4 Å². The maximum Gasteiger partial charge on any atom is 0.303 e. The Kier molecular flexibility index (Phi) is 9.86. The minimum absolute atomic E-state index is 0.0178. The van der Waals surface area contributed by atoms with E-state index in [0.29, 0.717) is 11.4 Å². The maximum absolute atomic E-state index is 12.1. The lowest BCUT2D eigenvalue weighted by Gasteiger charge is -2.41. The number of carboxylic acid groups (broad SMARTS) is 1. The molecule has 1 amide bonds. The maximum atomic E-state index is 12.1. The topological polar surface area (TPSA) is 131 Å². The molecule has 3 aromatic rings. The second-order valence-electron chi connectivity index (χ2n) is 9.14. The fourth-order valence-corrected chi connectivity index (χ4v) is 6.15. The van der Waals surface area contributed by atoms with Gasteiger partial charge in [0, 0.05) is 35.8 Å². The quantitative estimate of drug-likeness (QED) is 0.275. The van der Waals surface area contributed by atoms with Crippen molar-refractivity contribution < 1.29 is 29.3 Å². The summed E-state index contributed by atoms with van der Waals surface area (Å²) in [6, 6.07) is 15.1. The molecule has 9 nitrogen and oxygen atoms in total. The molecule has 1 saturated heterocycles. The average Bonchev–Trinajstić information content (AvgIpc) is 3.33. The Hall–Kier alpha value is -2.83. The number of anilines is 1. The third-order valence-corrected chi connectivity index (χ3v) is 8.32. The van der Waals surface area contributed by atoms with E-state index in [1.165, 1.54) is 0 Å². The number of rotatable bonds is 11. The standard InChI is InChI=1S/C27H31N3O6S2/c1-16-22(15-37-27-30-29-17(2)38-27)35-26(36-25(16)19-8-6-18(14-31)7-9-19)20-10-12-21(13-11-20)28-23(32)4-3-5-24(33)34/h6-13,16,22,25-26,31H,3-5,14-15H2,1-2H3,(H,28,32)(H,33,34)/t16-,22+,25+,26+/m1/s1. The van der Waals surface area contributed by atoms with E-state index in [0.717, 1.165) is 26.0 Å². The van der Waals surface area contributed by atoms with Gasteiger partial charge in [-0.25, -0.2) is 0 Å². The van der Waals surface area contributed by atoms with E-state index in [-0.39, 0.29) is 49.9 Å². The third kappa shape index (κ3) is 7.61. The van der Waals surface area contributed by atoms with Gasteiger partial charge in [0.1, 0.15) is 5.01 Å². The van der Waals surface area contributed by atoms with Crippen LogP contribution in [0.4, 0.5) is 5.69 Å². The largest absolute Gasteiger partial charge is 0.481 e. The summed E-state index contributed by atoms with van der Waals surface area (Å²) in [5.41, 5.74) is 3.28. The first-order chi connectivity index (χ1) is 18.3. The lowest BCUT2D eigenvalue weighted by molar-refractivity contribution is -0.268. The molecule has 4 atom stereocenters. The first-order valence-corrected chi connectivity index (χ1v) is 14.2. The van der Waals surface area contributed by atoms with Crippen molar-refractivity contribution in [2.45, 2.75) is 62.6 Å². The number of carbonyl (C=O) groups excluding carboxylic acids is 1.